The highest BCUT2D eigenvalue weighted by Gasteiger charge is 2.58. The minimum absolute atomic E-state index is 0.0352. The van der Waals surface area contributed by atoms with Crippen molar-refractivity contribution in [3.63, 3.8) is 0 Å². The first-order chi connectivity index (χ1) is 10.2. The van der Waals surface area contributed by atoms with Crippen molar-refractivity contribution in [2.24, 2.45) is 0 Å². The smallest absolute Gasteiger partial charge is 0.387 e. The van der Waals surface area contributed by atoms with E-state index >= 15 is 0 Å². The molecule has 1 aromatic carbocycles. The van der Waals surface area contributed by atoms with Gasteiger partial charge >= 0.3 is 11.9 Å². The van der Waals surface area contributed by atoms with Crippen molar-refractivity contribution in [2.45, 2.75) is 23.7 Å². The van der Waals surface area contributed by atoms with Gasteiger partial charge in [-0.25, -0.2) is 4.79 Å². The van der Waals surface area contributed by atoms with Gasteiger partial charge < -0.3 is 20.6 Å². The normalized spacial score (nSPS) is 21.2. The standard InChI is InChI=1S/C13H14N2O6S/c16-8(6-7-4-2-1-3-5-7)14-9-10(17)15(11(9)22)13(20,21)12(18)19/h1-5,9,11,20-22H,6H2,(H,14,16)(H,18,19)/t9-,11-/m1/s1. The zero-order valence-corrected chi connectivity index (χ0v) is 12.1. The van der Waals surface area contributed by atoms with Gasteiger partial charge in [-0.2, -0.15) is 12.6 Å². The predicted octanol–water partition coefficient (Wildman–Crippen LogP) is -1.47. The molecule has 0 bridgehead atoms. The van der Waals surface area contributed by atoms with E-state index in [-0.39, 0.29) is 11.3 Å². The second kappa shape index (κ2) is 5.95. The number of carboxylic acid groups (broad SMARTS) is 1. The largest absolute Gasteiger partial charge is 0.476 e. The molecule has 2 rings (SSSR count). The van der Waals surface area contributed by atoms with Gasteiger partial charge in [0.1, 0.15) is 11.4 Å². The third kappa shape index (κ3) is 2.91. The second-order valence-electron chi connectivity index (χ2n) is 4.77. The molecule has 1 fully saturated rings. The molecule has 118 valence electrons. The molecule has 0 radical (unpaired) electrons. The molecule has 22 heavy (non-hydrogen) atoms. The number of rotatable bonds is 5. The van der Waals surface area contributed by atoms with Crippen molar-refractivity contribution in [1.29, 1.82) is 0 Å². The molecule has 1 heterocycles. The van der Waals surface area contributed by atoms with Crippen molar-refractivity contribution < 1.29 is 29.7 Å². The maximum Gasteiger partial charge on any atom is 0.387 e. The number of nitrogens with zero attached hydrogens (tertiary/aromatic N) is 1. The summed E-state index contributed by atoms with van der Waals surface area (Å²) in [6.45, 7) is 0. The Bertz CT molecular complexity index is 606. The van der Waals surface area contributed by atoms with E-state index in [0.717, 1.165) is 5.56 Å². The lowest BCUT2D eigenvalue weighted by atomic mass is 10.0. The van der Waals surface area contributed by atoms with Gasteiger partial charge in [0, 0.05) is 0 Å². The van der Waals surface area contributed by atoms with Crippen molar-refractivity contribution in [2.75, 3.05) is 0 Å². The minimum atomic E-state index is -3.36. The molecule has 0 saturated carbocycles. The highest BCUT2D eigenvalue weighted by atomic mass is 32.1. The fraction of sp³-hybridized carbons (Fsp3) is 0.308. The van der Waals surface area contributed by atoms with Gasteiger partial charge in [-0.05, 0) is 5.56 Å². The van der Waals surface area contributed by atoms with Crippen LogP contribution in [0.4, 0.5) is 0 Å². The van der Waals surface area contributed by atoms with Crippen molar-refractivity contribution in [3.8, 4) is 0 Å². The number of β-lactam (4-membered cyclic amide) rings is 1. The molecular weight excluding hydrogens is 312 g/mol. The fourth-order valence-corrected chi connectivity index (χ4v) is 2.53. The van der Waals surface area contributed by atoms with Crippen LogP contribution in [0.2, 0.25) is 0 Å². The molecule has 0 aromatic heterocycles. The molecule has 1 saturated heterocycles. The van der Waals surface area contributed by atoms with Crippen LogP contribution in [0.3, 0.4) is 0 Å². The number of carboxylic acids is 1. The maximum atomic E-state index is 11.8. The van der Waals surface area contributed by atoms with Gasteiger partial charge in [0.2, 0.25) is 5.91 Å². The lowest BCUT2D eigenvalue weighted by molar-refractivity contribution is -0.274. The van der Waals surface area contributed by atoms with Gasteiger partial charge in [0.25, 0.3) is 5.91 Å². The third-order valence-electron chi connectivity index (χ3n) is 3.21. The van der Waals surface area contributed by atoms with E-state index in [0.29, 0.717) is 0 Å². The van der Waals surface area contributed by atoms with Crippen LogP contribution in [0.15, 0.2) is 30.3 Å². The molecule has 1 aromatic rings. The Morgan fingerprint density at radius 1 is 1.27 bits per heavy atom. The second-order valence-corrected chi connectivity index (χ2v) is 5.30. The Hall–Kier alpha value is -2.10. The predicted molar refractivity (Wildman–Crippen MR) is 76.5 cm³/mol. The van der Waals surface area contributed by atoms with E-state index < -0.39 is 35.1 Å². The summed E-state index contributed by atoms with van der Waals surface area (Å²) in [5, 5.41) is 28.6. The zero-order chi connectivity index (χ0) is 16.5. The van der Waals surface area contributed by atoms with Gasteiger partial charge in [-0.1, -0.05) is 30.3 Å². The van der Waals surface area contributed by atoms with Crippen LogP contribution < -0.4 is 5.32 Å². The van der Waals surface area contributed by atoms with Gasteiger partial charge in [0.05, 0.1) is 6.42 Å². The summed E-state index contributed by atoms with van der Waals surface area (Å²) < 4.78 is 0. The van der Waals surface area contributed by atoms with Crippen LogP contribution >= 0.6 is 12.6 Å². The number of carbonyl (C=O) groups is 3. The van der Waals surface area contributed by atoms with Crippen LogP contribution in [0, 0.1) is 0 Å². The third-order valence-corrected chi connectivity index (χ3v) is 3.74. The zero-order valence-electron chi connectivity index (χ0n) is 11.2. The highest BCUT2D eigenvalue weighted by molar-refractivity contribution is 7.81. The van der Waals surface area contributed by atoms with Crippen LogP contribution in [0.1, 0.15) is 5.56 Å². The van der Waals surface area contributed by atoms with E-state index in [9.17, 15) is 24.6 Å². The van der Waals surface area contributed by atoms with Gasteiger partial charge in [-0.15, -0.1) is 0 Å². The highest BCUT2D eigenvalue weighted by Crippen LogP contribution is 2.29. The maximum absolute atomic E-state index is 11.8. The Morgan fingerprint density at radius 2 is 1.86 bits per heavy atom. The quantitative estimate of drug-likeness (QED) is 0.255. The number of likely N-dealkylation sites (tertiary alicyclic amines) is 1. The summed E-state index contributed by atoms with van der Waals surface area (Å²) >= 11 is 3.93. The number of aliphatic hydroxyl groups is 2. The molecule has 1 aliphatic heterocycles. The van der Waals surface area contributed by atoms with Crippen LogP contribution in [-0.2, 0) is 20.8 Å². The molecular formula is C13H14N2O6S. The first kappa shape index (κ1) is 16.3. The van der Waals surface area contributed by atoms with E-state index in [2.05, 4.69) is 17.9 Å². The van der Waals surface area contributed by atoms with Crippen molar-refractivity contribution in [3.05, 3.63) is 35.9 Å². The molecule has 2 atom stereocenters. The molecule has 8 nitrogen and oxygen atoms in total. The van der Waals surface area contributed by atoms with Crippen LogP contribution in [0.25, 0.3) is 0 Å². The van der Waals surface area contributed by atoms with Crippen molar-refractivity contribution in [1.82, 2.24) is 10.2 Å². The van der Waals surface area contributed by atoms with Gasteiger partial charge in [-0.3, -0.25) is 14.5 Å². The van der Waals surface area contributed by atoms with E-state index in [1.54, 1.807) is 30.3 Å². The van der Waals surface area contributed by atoms with Crippen LogP contribution in [-0.4, -0.2) is 55.3 Å². The Morgan fingerprint density at radius 3 is 2.36 bits per heavy atom. The SMILES string of the molecule is O=C(Cc1ccccc1)N[C@@H]1C(=O)N(C(O)(O)C(=O)O)[C@@H]1S. The van der Waals surface area contributed by atoms with E-state index in [4.69, 9.17) is 5.11 Å². The summed E-state index contributed by atoms with van der Waals surface area (Å²) in [5.74, 6) is -6.76. The molecule has 1 aliphatic rings. The van der Waals surface area contributed by atoms with Crippen LogP contribution in [0.5, 0.6) is 0 Å². The Kier molecular flexibility index (Phi) is 4.40. The lowest BCUT2D eigenvalue weighted by Gasteiger charge is -2.48. The molecule has 0 aliphatic carbocycles. The first-order valence-corrected chi connectivity index (χ1v) is 6.79. The summed E-state index contributed by atoms with van der Waals surface area (Å²) in [4.78, 5) is 34.6. The average Bonchev–Trinajstić information content (AvgIpc) is 2.45. The summed E-state index contributed by atoms with van der Waals surface area (Å²) in [6, 6.07) is 7.69. The molecule has 4 N–H and O–H groups in total. The number of hydrogen-bond donors (Lipinski definition) is 5. The number of aliphatic carboxylic acids is 1. The topological polar surface area (TPSA) is 127 Å². The average molecular weight is 326 g/mol. The molecule has 9 heteroatoms. The number of benzene rings is 1. The number of thiol groups is 1. The summed E-state index contributed by atoms with van der Waals surface area (Å²) in [6.07, 6.45) is 0.0352. The monoisotopic (exact) mass is 326 g/mol. The summed E-state index contributed by atoms with van der Waals surface area (Å²) in [5.41, 5.74) is 0.739. The summed E-state index contributed by atoms with van der Waals surface area (Å²) in [7, 11) is 0. The number of amides is 2. The van der Waals surface area contributed by atoms with E-state index in [1.807, 2.05) is 0 Å². The van der Waals surface area contributed by atoms with E-state index in [1.165, 1.54) is 0 Å². The first-order valence-electron chi connectivity index (χ1n) is 6.28. The number of carbonyl (C=O) groups excluding carboxylic acids is 2. The molecule has 2 amide bonds. The van der Waals surface area contributed by atoms with Crippen molar-refractivity contribution >= 4 is 30.4 Å². The number of nitrogens with one attached hydrogen (secondary N) is 1. The Balaban J connectivity index is 1.97. The fourth-order valence-electron chi connectivity index (χ4n) is 2.06. The molecule has 0 spiro atoms. The van der Waals surface area contributed by atoms with Gasteiger partial charge in [0.15, 0.2) is 0 Å². The lowest BCUT2D eigenvalue weighted by Crippen LogP contribution is -2.76. The minimum Gasteiger partial charge on any atom is -0.476 e. The number of hydrogen-bond acceptors (Lipinski definition) is 6. The Labute approximate surface area is 130 Å². The molecule has 0 unspecified atom stereocenters.